The molecule has 25 heavy (non-hydrogen) atoms. The number of anilines is 1. The van der Waals surface area contributed by atoms with E-state index in [9.17, 15) is 27.2 Å². The van der Waals surface area contributed by atoms with Gasteiger partial charge in [0.2, 0.25) is 0 Å². The summed E-state index contributed by atoms with van der Waals surface area (Å²) >= 11 is 0. The topological polar surface area (TPSA) is 87.7 Å². The molecule has 0 radical (unpaired) electrons. The number of benzene rings is 1. The maximum atomic E-state index is 13.3. The Morgan fingerprint density at radius 2 is 1.88 bits per heavy atom. The van der Waals surface area contributed by atoms with Crippen LogP contribution in [0.5, 0.6) is 5.75 Å². The van der Waals surface area contributed by atoms with Crippen LogP contribution < -0.4 is 15.4 Å². The molecule has 0 aliphatic carbocycles. The fraction of sp³-hybridized carbons (Fsp3) is 0.467. The van der Waals surface area contributed by atoms with Gasteiger partial charge in [-0.3, -0.25) is 4.79 Å². The van der Waals surface area contributed by atoms with Gasteiger partial charge in [-0.1, -0.05) is 0 Å². The van der Waals surface area contributed by atoms with Crippen LogP contribution in [0.25, 0.3) is 0 Å². The van der Waals surface area contributed by atoms with Gasteiger partial charge in [0.15, 0.2) is 6.61 Å². The Balaban J connectivity index is 2.78. The highest BCUT2D eigenvalue weighted by molar-refractivity contribution is 5.91. The highest BCUT2D eigenvalue weighted by Crippen LogP contribution is 2.27. The molecule has 3 N–H and O–H groups in total. The first-order valence-electron chi connectivity index (χ1n) is 7.18. The standard InChI is InChI=1S/C15H18F4N2O4/c1-14(2,6-5-12(22)23)21-13(24)20-10-7-9(16)3-4-11(10)25-8-15(17,18)19/h3-4,7H,5-6,8H2,1-2H3,(H,22,23)(H2,20,21,24). The second-order valence-corrected chi connectivity index (χ2v) is 5.90. The van der Waals surface area contributed by atoms with Crippen molar-refractivity contribution in [3.63, 3.8) is 0 Å². The number of carboxylic acid groups (broad SMARTS) is 1. The zero-order valence-electron chi connectivity index (χ0n) is 13.5. The lowest BCUT2D eigenvalue weighted by atomic mass is 9.99. The molecule has 0 aromatic heterocycles. The van der Waals surface area contributed by atoms with Crippen molar-refractivity contribution >= 4 is 17.7 Å². The summed E-state index contributed by atoms with van der Waals surface area (Å²) in [5.74, 6) is -2.17. The van der Waals surface area contributed by atoms with Crippen molar-refractivity contribution < 1.29 is 37.0 Å². The van der Waals surface area contributed by atoms with Gasteiger partial charge in [0, 0.05) is 18.0 Å². The van der Waals surface area contributed by atoms with Crippen LogP contribution in [-0.2, 0) is 4.79 Å². The number of hydrogen-bond acceptors (Lipinski definition) is 3. The van der Waals surface area contributed by atoms with Crippen LogP contribution in [0.3, 0.4) is 0 Å². The van der Waals surface area contributed by atoms with Crippen molar-refractivity contribution in [1.82, 2.24) is 5.32 Å². The van der Waals surface area contributed by atoms with E-state index in [2.05, 4.69) is 15.4 Å². The van der Waals surface area contributed by atoms with Crippen molar-refractivity contribution in [3.8, 4) is 5.75 Å². The maximum Gasteiger partial charge on any atom is 0.422 e. The fourth-order valence-electron chi connectivity index (χ4n) is 1.83. The summed E-state index contributed by atoms with van der Waals surface area (Å²) in [4.78, 5) is 22.5. The first-order valence-corrected chi connectivity index (χ1v) is 7.18. The van der Waals surface area contributed by atoms with Gasteiger partial charge in [0.25, 0.3) is 0 Å². The Kier molecular flexibility index (Phi) is 6.60. The number of hydrogen-bond donors (Lipinski definition) is 3. The SMILES string of the molecule is CC(C)(CCC(=O)O)NC(=O)Nc1cc(F)ccc1OCC(F)(F)F. The predicted octanol–water partition coefficient (Wildman–Crippen LogP) is 3.53. The van der Waals surface area contributed by atoms with Gasteiger partial charge >= 0.3 is 18.2 Å². The third-order valence-electron chi connectivity index (χ3n) is 3.00. The monoisotopic (exact) mass is 366 g/mol. The molecule has 10 heteroatoms. The van der Waals surface area contributed by atoms with Gasteiger partial charge in [-0.2, -0.15) is 13.2 Å². The van der Waals surface area contributed by atoms with Gasteiger partial charge < -0.3 is 20.5 Å². The molecule has 0 heterocycles. The summed E-state index contributed by atoms with van der Waals surface area (Å²) < 4.78 is 54.6. The summed E-state index contributed by atoms with van der Waals surface area (Å²) in [6, 6.07) is 1.84. The Bertz CT molecular complexity index is 632. The number of carboxylic acids is 1. The zero-order chi connectivity index (χ0) is 19.3. The molecular formula is C15H18F4N2O4. The van der Waals surface area contributed by atoms with E-state index < -0.39 is 36.1 Å². The Morgan fingerprint density at radius 1 is 1.24 bits per heavy atom. The van der Waals surface area contributed by atoms with E-state index in [4.69, 9.17) is 5.11 Å². The van der Waals surface area contributed by atoms with Crippen LogP contribution in [-0.4, -0.2) is 35.4 Å². The first kappa shape index (κ1) is 20.5. The average molecular weight is 366 g/mol. The van der Waals surface area contributed by atoms with Crippen molar-refractivity contribution in [3.05, 3.63) is 24.0 Å². The first-order chi connectivity index (χ1) is 11.4. The van der Waals surface area contributed by atoms with Crippen LogP contribution >= 0.6 is 0 Å². The predicted molar refractivity (Wildman–Crippen MR) is 81.1 cm³/mol. The Labute approximate surface area is 141 Å². The van der Waals surface area contributed by atoms with E-state index in [1.165, 1.54) is 0 Å². The van der Waals surface area contributed by atoms with Crippen molar-refractivity contribution in [2.24, 2.45) is 0 Å². The zero-order valence-corrected chi connectivity index (χ0v) is 13.5. The molecule has 0 atom stereocenters. The summed E-state index contributed by atoms with van der Waals surface area (Å²) in [6.45, 7) is 1.54. The molecule has 0 fully saturated rings. The average Bonchev–Trinajstić information content (AvgIpc) is 2.42. The maximum absolute atomic E-state index is 13.3. The minimum Gasteiger partial charge on any atom is -0.482 e. The molecule has 2 amide bonds. The summed E-state index contributed by atoms with van der Waals surface area (Å²) in [7, 11) is 0. The molecule has 1 rings (SSSR count). The Morgan fingerprint density at radius 3 is 2.44 bits per heavy atom. The lowest BCUT2D eigenvalue weighted by Gasteiger charge is -2.26. The van der Waals surface area contributed by atoms with Crippen LogP contribution in [0.15, 0.2) is 18.2 Å². The molecule has 0 aliphatic heterocycles. The van der Waals surface area contributed by atoms with Crippen LogP contribution in [0, 0.1) is 5.82 Å². The van der Waals surface area contributed by atoms with Crippen molar-refractivity contribution in [2.45, 2.75) is 38.4 Å². The molecule has 0 unspecified atom stereocenters. The number of halogens is 4. The van der Waals surface area contributed by atoms with E-state index in [0.717, 1.165) is 18.2 Å². The third kappa shape index (κ3) is 8.23. The quantitative estimate of drug-likeness (QED) is 0.644. The van der Waals surface area contributed by atoms with Gasteiger partial charge in [0.05, 0.1) is 5.69 Å². The third-order valence-corrected chi connectivity index (χ3v) is 3.00. The number of alkyl halides is 3. The van der Waals surface area contributed by atoms with Gasteiger partial charge in [0.1, 0.15) is 11.6 Å². The van der Waals surface area contributed by atoms with Gasteiger partial charge in [-0.15, -0.1) is 0 Å². The number of ether oxygens (including phenoxy) is 1. The highest BCUT2D eigenvalue weighted by Gasteiger charge is 2.29. The summed E-state index contributed by atoms with van der Waals surface area (Å²) in [5.41, 5.74) is -1.18. The number of carbonyl (C=O) groups excluding carboxylic acids is 1. The largest absolute Gasteiger partial charge is 0.482 e. The van der Waals surface area contributed by atoms with E-state index in [-0.39, 0.29) is 24.3 Å². The number of aliphatic carboxylic acids is 1. The van der Waals surface area contributed by atoms with Gasteiger partial charge in [-0.25, -0.2) is 9.18 Å². The van der Waals surface area contributed by atoms with E-state index in [0.29, 0.717) is 0 Å². The van der Waals surface area contributed by atoms with Crippen molar-refractivity contribution in [1.29, 1.82) is 0 Å². The summed E-state index contributed by atoms with van der Waals surface area (Å²) in [6.07, 6.45) is -4.66. The molecule has 140 valence electrons. The van der Waals surface area contributed by atoms with Gasteiger partial charge in [-0.05, 0) is 32.4 Å². The molecule has 0 saturated heterocycles. The van der Waals surface area contributed by atoms with Crippen molar-refractivity contribution in [2.75, 3.05) is 11.9 Å². The molecule has 1 aromatic carbocycles. The second-order valence-electron chi connectivity index (χ2n) is 5.90. The second kappa shape index (κ2) is 8.04. The number of nitrogens with one attached hydrogen (secondary N) is 2. The Hall–Kier alpha value is -2.52. The van der Waals surface area contributed by atoms with Crippen LogP contribution in [0.4, 0.5) is 28.0 Å². The number of rotatable bonds is 7. The van der Waals surface area contributed by atoms with Crippen LogP contribution in [0.1, 0.15) is 26.7 Å². The van der Waals surface area contributed by atoms with E-state index >= 15 is 0 Å². The van der Waals surface area contributed by atoms with Crippen LogP contribution in [0.2, 0.25) is 0 Å². The number of urea groups is 1. The summed E-state index contributed by atoms with van der Waals surface area (Å²) in [5, 5.41) is 13.3. The normalized spacial score (nSPS) is 11.8. The molecule has 6 nitrogen and oxygen atoms in total. The molecule has 0 bridgehead atoms. The number of amides is 2. The molecular weight excluding hydrogens is 348 g/mol. The highest BCUT2D eigenvalue weighted by atomic mass is 19.4. The molecule has 0 saturated carbocycles. The molecule has 0 aliphatic rings. The van der Waals surface area contributed by atoms with E-state index in [1.807, 2.05) is 0 Å². The lowest BCUT2D eigenvalue weighted by Crippen LogP contribution is -2.45. The molecule has 1 aromatic rings. The smallest absolute Gasteiger partial charge is 0.422 e. The van der Waals surface area contributed by atoms with E-state index in [1.54, 1.807) is 13.8 Å². The molecule has 0 spiro atoms. The minimum atomic E-state index is -4.59. The number of carbonyl (C=O) groups is 2. The lowest BCUT2D eigenvalue weighted by molar-refractivity contribution is -0.153. The fourth-order valence-corrected chi connectivity index (χ4v) is 1.83. The minimum absolute atomic E-state index is 0.121.